The average molecular weight is 142 g/mol. The maximum Gasteiger partial charge on any atom is 0.241 e. The van der Waals surface area contributed by atoms with E-state index in [1.165, 1.54) is 6.92 Å². The van der Waals surface area contributed by atoms with Crippen molar-refractivity contribution in [3.8, 4) is 0 Å². The summed E-state index contributed by atoms with van der Waals surface area (Å²) in [5.74, 6) is -0.170. The third-order valence-corrected chi connectivity index (χ3v) is 1.31. The Bertz CT molecular complexity index is 163. The summed E-state index contributed by atoms with van der Waals surface area (Å²) < 4.78 is 0. The molecule has 2 amide bonds. The van der Waals surface area contributed by atoms with Crippen molar-refractivity contribution in [3.63, 3.8) is 0 Å². The largest absolute Gasteiger partial charge is 0.274 e. The van der Waals surface area contributed by atoms with Crippen LogP contribution in [0.4, 0.5) is 0 Å². The van der Waals surface area contributed by atoms with Gasteiger partial charge in [0.15, 0.2) is 0 Å². The van der Waals surface area contributed by atoms with Crippen LogP contribution in [0.25, 0.3) is 0 Å². The summed E-state index contributed by atoms with van der Waals surface area (Å²) in [5, 5.41) is 0. The van der Waals surface area contributed by atoms with Crippen molar-refractivity contribution in [3.05, 3.63) is 0 Å². The molecule has 4 heteroatoms. The lowest BCUT2D eigenvalue weighted by molar-refractivity contribution is -0.128. The number of nitrogens with one attached hydrogen (secondary N) is 2. The van der Waals surface area contributed by atoms with E-state index in [2.05, 4.69) is 10.9 Å². The van der Waals surface area contributed by atoms with E-state index in [4.69, 9.17) is 0 Å². The van der Waals surface area contributed by atoms with Gasteiger partial charge in [-0.3, -0.25) is 20.4 Å². The van der Waals surface area contributed by atoms with Gasteiger partial charge >= 0.3 is 0 Å². The monoisotopic (exact) mass is 142 g/mol. The standard InChI is InChI=1S/C6H10N2O2/c1-4(9)7-8-6(10)5-2-3-5/h5H,2-3H2,1H3,(H,7,9)(H,8,10). The van der Waals surface area contributed by atoms with Crippen LogP contribution in [0.1, 0.15) is 19.8 Å². The molecule has 0 aliphatic heterocycles. The minimum atomic E-state index is -0.242. The molecule has 56 valence electrons. The van der Waals surface area contributed by atoms with Crippen molar-refractivity contribution in [2.24, 2.45) is 5.92 Å². The topological polar surface area (TPSA) is 58.2 Å². The first-order valence-electron chi connectivity index (χ1n) is 3.26. The Morgan fingerprint density at radius 1 is 1.30 bits per heavy atom. The zero-order valence-corrected chi connectivity index (χ0v) is 5.81. The summed E-state index contributed by atoms with van der Waals surface area (Å²) in [7, 11) is 0. The van der Waals surface area contributed by atoms with Crippen LogP contribution in [-0.4, -0.2) is 11.8 Å². The number of hydrogen-bond donors (Lipinski definition) is 2. The number of rotatable bonds is 1. The Morgan fingerprint density at radius 3 is 2.30 bits per heavy atom. The Kier molecular flexibility index (Phi) is 1.89. The molecule has 0 atom stereocenters. The number of carbonyl (C=O) groups excluding carboxylic acids is 2. The van der Waals surface area contributed by atoms with Gasteiger partial charge < -0.3 is 0 Å². The lowest BCUT2D eigenvalue weighted by Gasteiger charge is -2.01. The normalized spacial score (nSPS) is 16.1. The molecule has 1 rings (SSSR count). The highest BCUT2D eigenvalue weighted by Crippen LogP contribution is 2.28. The highest BCUT2D eigenvalue weighted by molar-refractivity contribution is 5.83. The summed E-state index contributed by atoms with van der Waals surface area (Å²) >= 11 is 0. The summed E-state index contributed by atoms with van der Waals surface area (Å²) in [6, 6.07) is 0. The van der Waals surface area contributed by atoms with Gasteiger partial charge in [-0.25, -0.2) is 0 Å². The van der Waals surface area contributed by atoms with E-state index < -0.39 is 0 Å². The Labute approximate surface area is 59.0 Å². The van der Waals surface area contributed by atoms with E-state index in [9.17, 15) is 9.59 Å². The lowest BCUT2D eigenvalue weighted by atomic mass is 10.4. The third-order valence-electron chi connectivity index (χ3n) is 1.31. The van der Waals surface area contributed by atoms with E-state index in [1.807, 2.05) is 0 Å². The first-order valence-corrected chi connectivity index (χ1v) is 3.26. The SMILES string of the molecule is CC(=O)NNC(=O)C1CC1. The van der Waals surface area contributed by atoms with Gasteiger partial charge in [0.05, 0.1) is 0 Å². The van der Waals surface area contributed by atoms with Crippen LogP contribution in [0.15, 0.2) is 0 Å². The van der Waals surface area contributed by atoms with Crippen molar-refractivity contribution >= 4 is 11.8 Å². The van der Waals surface area contributed by atoms with Crippen molar-refractivity contribution in [2.75, 3.05) is 0 Å². The minimum absolute atomic E-state index is 0.0739. The highest BCUT2D eigenvalue weighted by Gasteiger charge is 2.29. The van der Waals surface area contributed by atoms with Crippen molar-refractivity contribution in [2.45, 2.75) is 19.8 Å². The van der Waals surface area contributed by atoms with Crippen LogP contribution >= 0.6 is 0 Å². The van der Waals surface area contributed by atoms with Crippen molar-refractivity contribution < 1.29 is 9.59 Å². The third kappa shape index (κ3) is 2.05. The van der Waals surface area contributed by atoms with Gasteiger partial charge in [-0.1, -0.05) is 0 Å². The number of hydrazine groups is 1. The van der Waals surface area contributed by atoms with Crippen LogP contribution in [0.5, 0.6) is 0 Å². The van der Waals surface area contributed by atoms with E-state index in [0.717, 1.165) is 12.8 Å². The molecule has 0 heterocycles. The molecule has 0 saturated heterocycles. The van der Waals surface area contributed by atoms with Crippen LogP contribution < -0.4 is 10.9 Å². The summed E-state index contributed by atoms with van der Waals surface area (Å²) in [6.07, 6.45) is 1.90. The molecule has 0 spiro atoms. The maximum atomic E-state index is 10.8. The van der Waals surface area contributed by atoms with Crippen molar-refractivity contribution in [1.82, 2.24) is 10.9 Å². The van der Waals surface area contributed by atoms with Gasteiger partial charge in [-0.2, -0.15) is 0 Å². The lowest BCUT2D eigenvalue weighted by Crippen LogP contribution is -2.41. The molecular formula is C6H10N2O2. The van der Waals surface area contributed by atoms with Crippen LogP contribution in [0, 0.1) is 5.92 Å². The maximum absolute atomic E-state index is 10.8. The van der Waals surface area contributed by atoms with E-state index in [-0.39, 0.29) is 17.7 Å². The highest BCUT2D eigenvalue weighted by atomic mass is 16.2. The second-order valence-corrected chi connectivity index (χ2v) is 2.44. The fourth-order valence-electron chi connectivity index (χ4n) is 0.597. The van der Waals surface area contributed by atoms with Gasteiger partial charge in [0.25, 0.3) is 0 Å². The smallest absolute Gasteiger partial charge is 0.241 e. The molecule has 0 aromatic heterocycles. The summed E-state index contributed by atoms with van der Waals surface area (Å²) in [5.41, 5.74) is 4.53. The first kappa shape index (κ1) is 7.05. The average Bonchev–Trinajstić information content (AvgIpc) is 2.63. The second kappa shape index (κ2) is 2.68. The molecule has 0 aromatic carbocycles. The molecule has 10 heavy (non-hydrogen) atoms. The van der Waals surface area contributed by atoms with Crippen molar-refractivity contribution in [1.29, 1.82) is 0 Å². The fraction of sp³-hybridized carbons (Fsp3) is 0.667. The molecule has 1 aliphatic rings. The molecule has 2 N–H and O–H groups in total. The van der Waals surface area contributed by atoms with Crippen LogP contribution in [0.2, 0.25) is 0 Å². The molecule has 0 aromatic rings. The second-order valence-electron chi connectivity index (χ2n) is 2.44. The molecule has 0 radical (unpaired) electrons. The quantitative estimate of drug-likeness (QED) is 0.488. The Balaban J connectivity index is 2.12. The van der Waals surface area contributed by atoms with Crippen LogP contribution in [-0.2, 0) is 9.59 Å². The van der Waals surface area contributed by atoms with E-state index >= 15 is 0 Å². The predicted molar refractivity (Wildman–Crippen MR) is 34.7 cm³/mol. The molecule has 0 unspecified atom stereocenters. The van der Waals surface area contributed by atoms with Crippen LogP contribution in [0.3, 0.4) is 0 Å². The van der Waals surface area contributed by atoms with E-state index in [1.54, 1.807) is 0 Å². The molecule has 4 nitrogen and oxygen atoms in total. The molecule has 1 fully saturated rings. The van der Waals surface area contributed by atoms with Gasteiger partial charge in [-0.15, -0.1) is 0 Å². The minimum Gasteiger partial charge on any atom is -0.274 e. The zero-order chi connectivity index (χ0) is 7.56. The Hall–Kier alpha value is -1.06. The number of carbonyl (C=O) groups is 2. The molecule has 1 aliphatic carbocycles. The predicted octanol–water partition coefficient (Wildman–Crippen LogP) is -0.436. The number of hydrogen-bond acceptors (Lipinski definition) is 2. The zero-order valence-electron chi connectivity index (χ0n) is 5.81. The van der Waals surface area contributed by atoms with Gasteiger partial charge in [0.1, 0.15) is 0 Å². The van der Waals surface area contributed by atoms with Gasteiger partial charge in [0, 0.05) is 12.8 Å². The fourth-order valence-corrected chi connectivity index (χ4v) is 0.597. The summed E-state index contributed by atoms with van der Waals surface area (Å²) in [6.45, 7) is 1.35. The first-order chi connectivity index (χ1) is 4.70. The van der Waals surface area contributed by atoms with Gasteiger partial charge in [0.2, 0.25) is 11.8 Å². The number of amides is 2. The molecule has 0 bridgehead atoms. The molecular weight excluding hydrogens is 132 g/mol. The van der Waals surface area contributed by atoms with Gasteiger partial charge in [-0.05, 0) is 12.8 Å². The van der Waals surface area contributed by atoms with E-state index in [0.29, 0.717) is 0 Å². The summed E-state index contributed by atoms with van der Waals surface area (Å²) in [4.78, 5) is 21.0. The molecule has 1 saturated carbocycles. The Morgan fingerprint density at radius 2 is 1.90 bits per heavy atom.